The maximum Gasteiger partial charge on any atom is 0.271 e. The van der Waals surface area contributed by atoms with Crippen LogP contribution in [0.5, 0.6) is 11.5 Å². The van der Waals surface area contributed by atoms with E-state index in [0.717, 1.165) is 9.13 Å². The van der Waals surface area contributed by atoms with E-state index in [4.69, 9.17) is 9.47 Å². The minimum Gasteiger partial charge on any atom is -0.497 e. The molecule has 0 spiro atoms. The van der Waals surface area contributed by atoms with E-state index in [9.17, 15) is 4.79 Å². The molecule has 22 heavy (non-hydrogen) atoms. The van der Waals surface area contributed by atoms with Crippen molar-refractivity contribution in [2.45, 2.75) is 0 Å². The molecule has 0 saturated carbocycles. The predicted molar refractivity (Wildman–Crippen MR) is 93.8 cm³/mol. The molecule has 0 atom stereocenters. The van der Waals surface area contributed by atoms with E-state index in [2.05, 4.69) is 33.1 Å². The maximum atomic E-state index is 12.0. The fraction of sp³-hybridized carbons (Fsp3) is 0.125. The minimum absolute atomic E-state index is 0.262. The molecule has 0 aliphatic carbocycles. The van der Waals surface area contributed by atoms with Crippen molar-refractivity contribution in [3.05, 3.63) is 57.2 Å². The number of hydrazone groups is 1. The third-order valence-corrected chi connectivity index (χ3v) is 3.57. The van der Waals surface area contributed by atoms with Crippen molar-refractivity contribution in [1.29, 1.82) is 0 Å². The molecule has 1 N–H and O–H groups in total. The Kier molecular flexibility index (Phi) is 5.76. The second-order valence-corrected chi connectivity index (χ2v) is 5.56. The van der Waals surface area contributed by atoms with Crippen molar-refractivity contribution in [3.8, 4) is 11.5 Å². The zero-order chi connectivity index (χ0) is 15.9. The summed E-state index contributed by atoms with van der Waals surface area (Å²) in [4.78, 5) is 12.0. The first kappa shape index (κ1) is 16.3. The second-order valence-electron chi connectivity index (χ2n) is 4.32. The lowest BCUT2D eigenvalue weighted by Crippen LogP contribution is -2.17. The molecule has 0 unspecified atom stereocenters. The van der Waals surface area contributed by atoms with Gasteiger partial charge in [0.25, 0.3) is 5.91 Å². The summed E-state index contributed by atoms with van der Waals surface area (Å²) in [6.45, 7) is 0. The molecule has 6 heteroatoms. The molecule has 0 aliphatic heterocycles. The normalized spacial score (nSPS) is 10.5. The van der Waals surface area contributed by atoms with Gasteiger partial charge in [-0.15, -0.1) is 0 Å². The van der Waals surface area contributed by atoms with Crippen LogP contribution in [-0.2, 0) is 0 Å². The number of halogens is 1. The number of ether oxygens (including phenoxy) is 2. The van der Waals surface area contributed by atoms with Gasteiger partial charge in [-0.2, -0.15) is 5.10 Å². The van der Waals surface area contributed by atoms with Crippen molar-refractivity contribution in [3.63, 3.8) is 0 Å². The topological polar surface area (TPSA) is 59.9 Å². The van der Waals surface area contributed by atoms with Crippen LogP contribution in [-0.4, -0.2) is 26.3 Å². The van der Waals surface area contributed by atoms with Crippen molar-refractivity contribution in [2.24, 2.45) is 5.10 Å². The van der Waals surface area contributed by atoms with E-state index in [1.165, 1.54) is 6.21 Å². The average Bonchev–Trinajstić information content (AvgIpc) is 2.54. The Labute approximate surface area is 142 Å². The minimum atomic E-state index is -0.262. The third kappa shape index (κ3) is 4.20. The maximum absolute atomic E-state index is 12.0. The molecule has 0 fully saturated rings. The Bertz CT molecular complexity index is 702. The summed E-state index contributed by atoms with van der Waals surface area (Å²) < 4.78 is 11.4. The Hall–Kier alpha value is -2.09. The van der Waals surface area contributed by atoms with Crippen molar-refractivity contribution >= 4 is 34.7 Å². The van der Waals surface area contributed by atoms with Crippen LogP contribution in [0.1, 0.15) is 15.9 Å². The Morgan fingerprint density at radius 1 is 1.18 bits per heavy atom. The first-order chi connectivity index (χ1) is 10.6. The fourth-order valence-corrected chi connectivity index (χ4v) is 2.32. The van der Waals surface area contributed by atoms with Crippen LogP contribution in [0.15, 0.2) is 47.6 Å². The molecule has 5 nitrogen and oxygen atoms in total. The summed E-state index contributed by atoms with van der Waals surface area (Å²) in [5.74, 6) is 1.05. The third-order valence-electron chi connectivity index (χ3n) is 2.90. The first-order valence-corrected chi connectivity index (χ1v) is 7.53. The van der Waals surface area contributed by atoms with Crippen molar-refractivity contribution in [1.82, 2.24) is 5.43 Å². The predicted octanol–water partition coefficient (Wildman–Crippen LogP) is 3.07. The SMILES string of the molecule is COc1ccc(/C=N\NC(=O)c2cccc(I)c2)c(OC)c1. The molecule has 1 amide bonds. The van der Waals surface area contributed by atoms with E-state index >= 15 is 0 Å². The lowest BCUT2D eigenvalue weighted by Gasteiger charge is -2.07. The number of carbonyl (C=O) groups excluding carboxylic acids is 1. The van der Waals surface area contributed by atoms with Gasteiger partial charge >= 0.3 is 0 Å². The van der Waals surface area contributed by atoms with Crippen LogP contribution in [0.4, 0.5) is 0 Å². The molecule has 114 valence electrons. The van der Waals surface area contributed by atoms with Crippen LogP contribution in [0.2, 0.25) is 0 Å². The highest BCUT2D eigenvalue weighted by molar-refractivity contribution is 14.1. The number of nitrogens with one attached hydrogen (secondary N) is 1. The number of carbonyl (C=O) groups is 1. The van der Waals surface area contributed by atoms with Crippen LogP contribution in [0.3, 0.4) is 0 Å². The molecule has 2 aromatic carbocycles. The van der Waals surface area contributed by atoms with Gasteiger partial charge in [0.1, 0.15) is 11.5 Å². The molecule has 0 aromatic heterocycles. The number of methoxy groups -OCH3 is 2. The number of hydrogen-bond donors (Lipinski definition) is 1. The Morgan fingerprint density at radius 2 is 2.00 bits per heavy atom. The highest BCUT2D eigenvalue weighted by Gasteiger charge is 2.05. The van der Waals surface area contributed by atoms with Crippen LogP contribution >= 0.6 is 22.6 Å². The Morgan fingerprint density at radius 3 is 2.68 bits per heavy atom. The van der Waals surface area contributed by atoms with Gasteiger partial charge < -0.3 is 9.47 Å². The zero-order valence-corrected chi connectivity index (χ0v) is 14.3. The molecule has 0 radical (unpaired) electrons. The van der Waals surface area contributed by atoms with Gasteiger partial charge in [-0.1, -0.05) is 6.07 Å². The summed E-state index contributed by atoms with van der Waals surface area (Å²) in [6.07, 6.45) is 1.53. The van der Waals surface area contributed by atoms with Crippen molar-refractivity contribution in [2.75, 3.05) is 14.2 Å². The standard InChI is InChI=1S/C16H15IN2O3/c1-21-14-7-6-12(15(9-14)22-2)10-18-19-16(20)11-4-3-5-13(17)8-11/h3-10H,1-2H3,(H,19,20)/b18-10-. The zero-order valence-electron chi connectivity index (χ0n) is 12.2. The first-order valence-electron chi connectivity index (χ1n) is 6.45. The molecule has 0 saturated heterocycles. The van der Waals surface area contributed by atoms with E-state index in [-0.39, 0.29) is 5.91 Å². The molecular weight excluding hydrogens is 395 g/mol. The van der Waals surface area contributed by atoms with Gasteiger partial charge in [0, 0.05) is 20.8 Å². The summed E-state index contributed by atoms with van der Waals surface area (Å²) in [5, 5.41) is 3.96. The van der Waals surface area contributed by atoms with Gasteiger partial charge in [-0.3, -0.25) is 4.79 Å². The largest absolute Gasteiger partial charge is 0.497 e. The van der Waals surface area contributed by atoms with E-state index in [1.807, 2.05) is 12.1 Å². The van der Waals surface area contributed by atoms with Gasteiger partial charge in [-0.05, 0) is 52.9 Å². The lowest BCUT2D eigenvalue weighted by molar-refractivity contribution is 0.0955. The van der Waals surface area contributed by atoms with Crippen LogP contribution in [0, 0.1) is 3.57 Å². The number of rotatable bonds is 5. The number of hydrogen-bond acceptors (Lipinski definition) is 4. The van der Waals surface area contributed by atoms with Crippen LogP contribution in [0.25, 0.3) is 0 Å². The van der Waals surface area contributed by atoms with Gasteiger partial charge in [0.15, 0.2) is 0 Å². The number of benzene rings is 2. The molecule has 2 rings (SSSR count). The van der Waals surface area contributed by atoms with E-state index in [1.54, 1.807) is 44.6 Å². The average molecular weight is 410 g/mol. The monoisotopic (exact) mass is 410 g/mol. The molecule has 0 bridgehead atoms. The van der Waals surface area contributed by atoms with Crippen LogP contribution < -0.4 is 14.9 Å². The quantitative estimate of drug-likeness (QED) is 0.468. The molecular formula is C16H15IN2O3. The van der Waals surface area contributed by atoms with Gasteiger partial charge in [0.2, 0.25) is 0 Å². The smallest absolute Gasteiger partial charge is 0.271 e. The molecule has 0 aliphatic rings. The molecule has 0 heterocycles. The summed E-state index contributed by atoms with van der Waals surface area (Å²) >= 11 is 2.15. The summed E-state index contributed by atoms with van der Waals surface area (Å²) in [6, 6.07) is 12.6. The highest BCUT2D eigenvalue weighted by atomic mass is 127. The number of nitrogens with zero attached hydrogens (tertiary/aromatic N) is 1. The van der Waals surface area contributed by atoms with Gasteiger partial charge in [0.05, 0.1) is 20.4 Å². The summed E-state index contributed by atoms with van der Waals surface area (Å²) in [7, 11) is 3.15. The van der Waals surface area contributed by atoms with E-state index in [0.29, 0.717) is 17.1 Å². The lowest BCUT2D eigenvalue weighted by atomic mass is 10.2. The Balaban J connectivity index is 2.08. The highest BCUT2D eigenvalue weighted by Crippen LogP contribution is 2.22. The van der Waals surface area contributed by atoms with E-state index < -0.39 is 0 Å². The summed E-state index contributed by atoms with van der Waals surface area (Å²) in [5.41, 5.74) is 3.80. The fourth-order valence-electron chi connectivity index (χ4n) is 1.78. The van der Waals surface area contributed by atoms with Gasteiger partial charge in [-0.25, -0.2) is 5.43 Å². The second kappa shape index (κ2) is 7.79. The molecule has 2 aromatic rings. The number of amides is 1. The van der Waals surface area contributed by atoms with Crippen molar-refractivity contribution < 1.29 is 14.3 Å².